The molecule has 0 aromatic carbocycles. The number of aromatic nitrogens is 1. The van der Waals surface area contributed by atoms with Gasteiger partial charge in [-0.25, -0.2) is 18.1 Å². The van der Waals surface area contributed by atoms with Gasteiger partial charge in [-0.2, -0.15) is 0 Å². The van der Waals surface area contributed by atoms with Gasteiger partial charge in [0.1, 0.15) is 0 Å². The summed E-state index contributed by atoms with van der Waals surface area (Å²) in [7, 11) is -3.56. The van der Waals surface area contributed by atoms with E-state index in [2.05, 4.69) is 16.6 Å². The zero-order chi connectivity index (χ0) is 14.3. The molecule has 1 rings (SSSR count). The molecular weight excluding hydrogens is 264 g/mol. The minimum absolute atomic E-state index is 0.00737. The molecule has 1 aromatic heterocycles. The van der Waals surface area contributed by atoms with E-state index in [0.717, 1.165) is 25.7 Å². The zero-order valence-electron chi connectivity index (χ0n) is 11.5. The molecule has 0 aliphatic carbocycles. The fourth-order valence-corrected chi connectivity index (χ4v) is 2.96. The number of pyridine rings is 1. The molecule has 1 aromatic rings. The number of aliphatic hydroxyl groups is 1. The number of hydrogen-bond acceptors (Lipinski definition) is 4. The lowest BCUT2D eigenvalue weighted by Gasteiger charge is -2.13. The summed E-state index contributed by atoms with van der Waals surface area (Å²) in [5, 5.41) is 8.88. The first-order chi connectivity index (χ1) is 8.99. The average molecular weight is 286 g/mol. The summed E-state index contributed by atoms with van der Waals surface area (Å²) in [6.45, 7) is 3.82. The third-order valence-corrected chi connectivity index (χ3v) is 4.36. The Hall–Kier alpha value is -0.980. The minimum atomic E-state index is -3.56. The van der Waals surface area contributed by atoms with Crippen LogP contribution in [0.5, 0.6) is 0 Å². The molecule has 0 spiro atoms. The van der Waals surface area contributed by atoms with Crippen LogP contribution in [0.1, 0.15) is 45.1 Å². The fourth-order valence-electron chi connectivity index (χ4n) is 1.75. The molecule has 0 bridgehead atoms. The van der Waals surface area contributed by atoms with Crippen molar-refractivity contribution in [3.8, 4) is 0 Å². The molecule has 0 amide bonds. The number of sulfonamides is 1. The van der Waals surface area contributed by atoms with E-state index in [1.807, 2.05) is 6.92 Å². The number of hydrogen-bond donors (Lipinski definition) is 2. The van der Waals surface area contributed by atoms with Crippen LogP contribution < -0.4 is 4.72 Å². The zero-order valence-corrected chi connectivity index (χ0v) is 12.3. The Morgan fingerprint density at radius 3 is 2.63 bits per heavy atom. The van der Waals surface area contributed by atoms with Gasteiger partial charge in [0, 0.05) is 12.2 Å². The van der Waals surface area contributed by atoms with Crippen LogP contribution in [0.2, 0.25) is 0 Å². The Morgan fingerprint density at radius 2 is 2.11 bits per heavy atom. The van der Waals surface area contributed by atoms with Gasteiger partial charge < -0.3 is 5.11 Å². The summed E-state index contributed by atoms with van der Waals surface area (Å²) >= 11 is 0. The molecule has 19 heavy (non-hydrogen) atoms. The maximum Gasteiger partial charge on any atom is 0.258 e. The predicted octanol–water partition coefficient (Wildman–Crippen LogP) is 1.82. The van der Waals surface area contributed by atoms with Gasteiger partial charge in [-0.3, -0.25) is 0 Å². The molecule has 0 saturated heterocycles. The lowest BCUT2D eigenvalue weighted by molar-refractivity contribution is 0.281. The van der Waals surface area contributed by atoms with Crippen molar-refractivity contribution in [1.29, 1.82) is 0 Å². The maximum absolute atomic E-state index is 12.0. The molecule has 0 saturated carbocycles. The van der Waals surface area contributed by atoms with E-state index in [4.69, 9.17) is 5.11 Å². The summed E-state index contributed by atoms with van der Waals surface area (Å²) in [5.41, 5.74) is 0.593. The third kappa shape index (κ3) is 5.26. The molecule has 1 atom stereocenters. The van der Waals surface area contributed by atoms with E-state index in [-0.39, 0.29) is 17.7 Å². The van der Waals surface area contributed by atoms with Gasteiger partial charge >= 0.3 is 0 Å². The molecule has 108 valence electrons. The number of aliphatic hydroxyl groups excluding tert-OH is 1. The first-order valence-electron chi connectivity index (χ1n) is 6.57. The normalized spacial score (nSPS) is 13.4. The van der Waals surface area contributed by atoms with E-state index >= 15 is 0 Å². The lowest BCUT2D eigenvalue weighted by Crippen LogP contribution is -2.33. The lowest BCUT2D eigenvalue weighted by atomic mass is 10.1. The molecule has 0 radical (unpaired) electrons. The largest absolute Gasteiger partial charge is 0.392 e. The van der Waals surface area contributed by atoms with E-state index in [0.29, 0.717) is 5.56 Å². The van der Waals surface area contributed by atoms with E-state index < -0.39 is 10.0 Å². The molecule has 2 N–H and O–H groups in total. The quantitative estimate of drug-likeness (QED) is 0.714. The number of nitrogens with zero attached hydrogens (tertiary/aromatic N) is 1. The van der Waals surface area contributed by atoms with Crippen LogP contribution in [-0.4, -0.2) is 24.6 Å². The summed E-state index contributed by atoms with van der Waals surface area (Å²) in [6, 6.07) is 2.87. The van der Waals surface area contributed by atoms with Crippen LogP contribution in [0.15, 0.2) is 23.4 Å². The van der Waals surface area contributed by atoms with Crippen LogP contribution in [0.3, 0.4) is 0 Å². The van der Waals surface area contributed by atoms with E-state index in [9.17, 15) is 8.42 Å². The third-order valence-electron chi connectivity index (χ3n) is 2.85. The second-order valence-corrected chi connectivity index (χ2v) is 6.34. The molecule has 6 heteroatoms. The Labute approximate surface area is 115 Å². The van der Waals surface area contributed by atoms with Crippen LogP contribution in [0, 0.1) is 0 Å². The smallest absolute Gasteiger partial charge is 0.258 e. The molecule has 0 aliphatic heterocycles. The highest BCUT2D eigenvalue weighted by Crippen LogP contribution is 2.10. The number of rotatable bonds is 8. The van der Waals surface area contributed by atoms with Gasteiger partial charge in [-0.1, -0.05) is 32.3 Å². The van der Waals surface area contributed by atoms with Crippen molar-refractivity contribution in [2.75, 3.05) is 0 Å². The maximum atomic E-state index is 12.0. The van der Waals surface area contributed by atoms with E-state index in [1.165, 1.54) is 12.3 Å². The van der Waals surface area contributed by atoms with Crippen LogP contribution in [0.4, 0.5) is 0 Å². The molecule has 5 nitrogen and oxygen atoms in total. The van der Waals surface area contributed by atoms with Crippen molar-refractivity contribution < 1.29 is 13.5 Å². The highest BCUT2D eigenvalue weighted by atomic mass is 32.2. The molecular formula is C13H22N2O3S. The Morgan fingerprint density at radius 1 is 1.37 bits per heavy atom. The van der Waals surface area contributed by atoms with Crippen molar-refractivity contribution >= 4 is 10.0 Å². The van der Waals surface area contributed by atoms with Gasteiger partial charge in [0.05, 0.1) is 6.61 Å². The predicted molar refractivity (Wildman–Crippen MR) is 74.1 cm³/mol. The van der Waals surface area contributed by atoms with Gasteiger partial charge in [0.2, 0.25) is 0 Å². The van der Waals surface area contributed by atoms with Crippen LogP contribution in [0.25, 0.3) is 0 Å². The van der Waals surface area contributed by atoms with Crippen molar-refractivity contribution in [3.05, 3.63) is 23.9 Å². The highest BCUT2D eigenvalue weighted by molar-refractivity contribution is 7.89. The van der Waals surface area contributed by atoms with Crippen molar-refractivity contribution in [2.24, 2.45) is 0 Å². The highest BCUT2D eigenvalue weighted by Gasteiger charge is 2.18. The van der Waals surface area contributed by atoms with Crippen LogP contribution in [-0.2, 0) is 16.6 Å². The monoisotopic (exact) mass is 286 g/mol. The van der Waals surface area contributed by atoms with Crippen molar-refractivity contribution in [3.63, 3.8) is 0 Å². The minimum Gasteiger partial charge on any atom is -0.392 e. The summed E-state index contributed by atoms with van der Waals surface area (Å²) in [6.07, 6.45) is 5.42. The molecule has 1 heterocycles. The van der Waals surface area contributed by atoms with E-state index in [1.54, 1.807) is 6.07 Å². The summed E-state index contributed by atoms with van der Waals surface area (Å²) in [4.78, 5) is 3.86. The molecule has 1 unspecified atom stereocenters. The van der Waals surface area contributed by atoms with Crippen molar-refractivity contribution in [2.45, 2.75) is 57.2 Å². The topological polar surface area (TPSA) is 79.3 Å². The van der Waals surface area contributed by atoms with Crippen LogP contribution >= 0.6 is 0 Å². The second kappa shape index (κ2) is 7.57. The number of unbranched alkanes of at least 4 members (excludes halogenated alkanes) is 2. The average Bonchev–Trinajstić information content (AvgIpc) is 2.38. The van der Waals surface area contributed by atoms with Gasteiger partial charge in [0.25, 0.3) is 10.0 Å². The van der Waals surface area contributed by atoms with Crippen molar-refractivity contribution in [1.82, 2.24) is 9.71 Å². The van der Waals surface area contributed by atoms with Gasteiger partial charge in [-0.05, 0) is 25.0 Å². The Bertz CT molecular complexity index is 471. The molecule has 0 aliphatic rings. The Balaban J connectivity index is 2.63. The van der Waals surface area contributed by atoms with Gasteiger partial charge in [-0.15, -0.1) is 0 Å². The summed E-state index contributed by atoms with van der Waals surface area (Å²) < 4.78 is 26.7. The number of nitrogens with one attached hydrogen (secondary N) is 1. The first-order valence-corrected chi connectivity index (χ1v) is 8.06. The van der Waals surface area contributed by atoms with Gasteiger partial charge in [0.15, 0.2) is 5.03 Å². The summed E-state index contributed by atoms with van der Waals surface area (Å²) in [5.74, 6) is 0. The second-order valence-electron chi connectivity index (χ2n) is 4.68. The Kier molecular flexibility index (Phi) is 6.41. The first kappa shape index (κ1) is 16.1. The molecule has 0 fully saturated rings. The SMILES string of the molecule is CCCCCC(C)NS(=O)(=O)c1ccc(CO)cn1. The fraction of sp³-hybridized carbons (Fsp3) is 0.615. The standard InChI is InChI=1S/C13H22N2O3S/c1-3-4-5-6-11(2)15-19(17,18)13-8-7-12(10-16)9-14-13/h7-9,11,15-16H,3-6,10H2,1-2H3.